The number of benzene rings is 3. The first-order chi connectivity index (χ1) is 16.5. The van der Waals surface area contributed by atoms with Crippen LogP contribution >= 0.6 is 0 Å². The van der Waals surface area contributed by atoms with Gasteiger partial charge in [0.05, 0.1) is 11.4 Å². The summed E-state index contributed by atoms with van der Waals surface area (Å²) in [4.78, 5) is 5.04. The molecule has 0 aliphatic heterocycles. The monoisotopic (exact) mass is 464 g/mol. The molecule has 1 heterocycles. The van der Waals surface area contributed by atoms with Crippen LogP contribution in [0.3, 0.4) is 0 Å². The van der Waals surface area contributed by atoms with Gasteiger partial charge in [0.15, 0.2) is 0 Å². The van der Waals surface area contributed by atoms with Crippen LogP contribution in [0.5, 0.6) is 5.75 Å². The Balaban J connectivity index is 1.77. The van der Waals surface area contributed by atoms with E-state index in [1.54, 1.807) is 0 Å². The molecule has 180 valence electrons. The van der Waals surface area contributed by atoms with Crippen molar-refractivity contribution in [3.63, 3.8) is 0 Å². The standard InChI is InChI=1S/C32H36N2O/c1-31(2,3)23-19-25(30(35)26(20-23)32(4,5)6)29-18-12-17-28(34-29)24-15-10-11-16-27(24)33-21-22-13-8-7-9-14-22/h7-20,33,35H,21H2,1-6H3. The van der Waals surface area contributed by atoms with Gasteiger partial charge >= 0.3 is 0 Å². The number of aromatic nitrogens is 1. The first-order valence-electron chi connectivity index (χ1n) is 12.3. The molecular weight excluding hydrogens is 428 g/mol. The fourth-order valence-corrected chi connectivity index (χ4v) is 4.22. The third-order valence-electron chi connectivity index (χ3n) is 6.34. The van der Waals surface area contributed by atoms with Gasteiger partial charge in [-0.3, -0.25) is 0 Å². The number of anilines is 1. The molecule has 35 heavy (non-hydrogen) atoms. The van der Waals surface area contributed by atoms with E-state index in [0.29, 0.717) is 5.75 Å². The minimum atomic E-state index is -0.189. The highest BCUT2D eigenvalue weighted by atomic mass is 16.3. The Bertz CT molecular complexity index is 1310. The lowest BCUT2D eigenvalue weighted by molar-refractivity contribution is 0.446. The normalized spacial score (nSPS) is 11.9. The summed E-state index contributed by atoms with van der Waals surface area (Å²) in [6.07, 6.45) is 0. The van der Waals surface area contributed by atoms with Gasteiger partial charge < -0.3 is 10.4 Å². The molecule has 4 aromatic rings. The Morgan fingerprint density at radius 1 is 0.686 bits per heavy atom. The van der Waals surface area contributed by atoms with Gasteiger partial charge in [-0.25, -0.2) is 4.98 Å². The average Bonchev–Trinajstić information content (AvgIpc) is 2.82. The number of nitrogens with one attached hydrogen (secondary N) is 1. The molecule has 0 atom stereocenters. The molecule has 3 aromatic carbocycles. The molecule has 0 saturated carbocycles. The van der Waals surface area contributed by atoms with E-state index in [0.717, 1.165) is 40.3 Å². The molecule has 4 rings (SSSR count). The SMILES string of the molecule is CC(C)(C)c1cc(-c2cccc(-c3ccccc3NCc3ccccc3)n2)c(O)c(C(C)(C)C)c1. The molecule has 0 aliphatic rings. The number of nitrogens with zero attached hydrogens (tertiary/aromatic N) is 1. The van der Waals surface area contributed by atoms with E-state index in [9.17, 15) is 5.11 Å². The predicted octanol–water partition coefficient (Wildman–Crippen LogP) is 8.33. The molecule has 0 unspecified atom stereocenters. The van der Waals surface area contributed by atoms with E-state index >= 15 is 0 Å². The van der Waals surface area contributed by atoms with Crippen LogP contribution in [0.2, 0.25) is 0 Å². The largest absolute Gasteiger partial charge is 0.507 e. The average molecular weight is 465 g/mol. The molecule has 3 heteroatoms. The Hall–Kier alpha value is -3.59. The minimum Gasteiger partial charge on any atom is -0.507 e. The maximum atomic E-state index is 11.3. The number of phenols is 1. The van der Waals surface area contributed by atoms with Crippen molar-refractivity contribution < 1.29 is 5.11 Å². The van der Waals surface area contributed by atoms with Crippen LogP contribution in [0, 0.1) is 0 Å². The molecular formula is C32H36N2O. The first kappa shape index (κ1) is 24.5. The lowest BCUT2D eigenvalue weighted by Crippen LogP contribution is -2.17. The number of aromatic hydroxyl groups is 1. The Morgan fingerprint density at radius 3 is 1.97 bits per heavy atom. The van der Waals surface area contributed by atoms with Crippen LogP contribution in [0.1, 0.15) is 58.2 Å². The van der Waals surface area contributed by atoms with Gasteiger partial charge in [-0.2, -0.15) is 0 Å². The molecule has 1 aromatic heterocycles. The first-order valence-corrected chi connectivity index (χ1v) is 12.3. The van der Waals surface area contributed by atoms with Crippen molar-refractivity contribution in [1.29, 1.82) is 0 Å². The van der Waals surface area contributed by atoms with Crippen molar-refractivity contribution in [2.45, 2.75) is 58.9 Å². The molecule has 0 saturated heterocycles. The van der Waals surface area contributed by atoms with Gasteiger partial charge in [0.25, 0.3) is 0 Å². The van der Waals surface area contributed by atoms with Crippen LogP contribution in [0.25, 0.3) is 22.5 Å². The second-order valence-corrected chi connectivity index (χ2v) is 11.2. The van der Waals surface area contributed by atoms with Gasteiger partial charge in [-0.05, 0) is 46.2 Å². The van der Waals surface area contributed by atoms with Gasteiger partial charge in [0.2, 0.25) is 0 Å². The highest BCUT2D eigenvalue weighted by Gasteiger charge is 2.26. The lowest BCUT2D eigenvalue weighted by atomic mass is 9.78. The third-order valence-corrected chi connectivity index (χ3v) is 6.34. The summed E-state index contributed by atoms with van der Waals surface area (Å²) in [5, 5.41) is 14.9. The Morgan fingerprint density at radius 2 is 1.31 bits per heavy atom. The van der Waals surface area contributed by atoms with Gasteiger partial charge in [-0.15, -0.1) is 0 Å². The second kappa shape index (κ2) is 9.58. The quantitative estimate of drug-likeness (QED) is 0.312. The summed E-state index contributed by atoms with van der Waals surface area (Å²) in [5.41, 5.74) is 7.61. The van der Waals surface area contributed by atoms with Crippen LogP contribution in [0.4, 0.5) is 5.69 Å². The molecule has 0 spiro atoms. The van der Waals surface area contributed by atoms with E-state index in [4.69, 9.17) is 4.98 Å². The molecule has 3 nitrogen and oxygen atoms in total. The smallest absolute Gasteiger partial charge is 0.128 e. The van der Waals surface area contributed by atoms with E-state index in [1.807, 2.05) is 36.4 Å². The van der Waals surface area contributed by atoms with Gasteiger partial charge in [-0.1, -0.05) is 102 Å². The van der Waals surface area contributed by atoms with Crippen LogP contribution in [-0.2, 0) is 17.4 Å². The number of pyridine rings is 1. The zero-order valence-electron chi connectivity index (χ0n) is 21.7. The molecule has 0 radical (unpaired) electrons. The Kier molecular flexibility index (Phi) is 6.71. The van der Waals surface area contributed by atoms with E-state index in [-0.39, 0.29) is 10.8 Å². The van der Waals surface area contributed by atoms with Crippen molar-refractivity contribution in [1.82, 2.24) is 4.98 Å². The summed E-state index contributed by atoms with van der Waals surface area (Å²) < 4.78 is 0. The van der Waals surface area contributed by atoms with Crippen molar-refractivity contribution in [3.8, 4) is 28.3 Å². The maximum absolute atomic E-state index is 11.3. The number of hydrogen-bond acceptors (Lipinski definition) is 3. The van der Waals surface area contributed by atoms with Crippen LogP contribution in [0.15, 0.2) is 84.9 Å². The summed E-state index contributed by atoms with van der Waals surface area (Å²) >= 11 is 0. The van der Waals surface area contributed by atoms with Crippen molar-refractivity contribution in [3.05, 3.63) is 102 Å². The van der Waals surface area contributed by atoms with Crippen molar-refractivity contribution >= 4 is 5.69 Å². The van der Waals surface area contributed by atoms with E-state index in [2.05, 4.69) is 95.4 Å². The fourth-order valence-electron chi connectivity index (χ4n) is 4.22. The topological polar surface area (TPSA) is 45.2 Å². The minimum absolute atomic E-state index is 0.0476. The molecule has 0 fully saturated rings. The molecule has 0 bridgehead atoms. The van der Waals surface area contributed by atoms with Crippen LogP contribution < -0.4 is 5.32 Å². The molecule has 0 amide bonds. The fraction of sp³-hybridized carbons (Fsp3) is 0.281. The highest BCUT2D eigenvalue weighted by molar-refractivity contribution is 5.78. The van der Waals surface area contributed by atoms with Gasteiger partial charge in [0.1, 0.15) is 5.75 Å². The number of rotatable bonds is 5. The zero-order chi connectivity index (χ0) is 25.2. The molecule has 0 aliphatic carbocycles. The summed E-state index contributed by atoms with van der Waals surface area (Å²) in [6.45, 7) is 13.8. The summed E-state index contributed by atoms with van der Waals surface area (Å²) in [7, 11) is 0. The maximum Gasteiger partial charge on any atom is 0.128 e. The summed E-state index contributed by atoms with van der Waals surface area (Å²) in [6, 6.07) is 28.9. The van der Waals surface area contributed by atoms with E-state index < -0.39 is 0 Å². The van der Waals surface area contributed by atoms with Crippen molar-refractivity contribution in [2.24, 2.45) is 0 Å². The van der Waals surface area contributed by atoms with Crippen molar-refractivity contribution in [2.75, 3.05) is 5.32 Å². The van der Waals surface area contributed by atoms with Crippen LogP contribution in [-0.4, -0.2) is 10.1 Å². The summed E-state index contributed by atoms with van der Waals surface area (Å²) in [5.74, 6) is 0.311. The van der Waals surface area contributed by atoms with Gasteiger partial charge in [0, 0.05) is 28.9 Å². The zero-order valence-corrected chi connectivity index (χ0v) is 21.7. The third kappa shape index (κ3) is 5.57. The number of para-hydroxylation sites is 1. The Labute approximate surface area is 209 Å². The predicted molar refractivity (Wildman–Crippen MR) is 148 cm³/mol. The number of hydrogen-bond donors (Lipinski definition) is 2. The molecule has 2 N–H and O–H groups in total. The number of phenolic OH excluding ortho intramolecular Hbond substituents is 1. The highest BCUT2D eigenvalue weighted by Crippen LogP contribution is 2.42. The van der Waals surface area contributed by atoms with E-state index in [1.165, 1.54) is 11.1 Å². The second-order valence-electron chi connectivity index (χ2n) is 11.2. The lowest BCUT2D eigenvalue weighted by Gasteiger charge is -2.27.